The number of aliphatic hydroxyl groups excluding tert-OH is 4. The lowest BCUT2D eigenvalue weighted by molar-refractivity contribution is -0.228. The van der Waals surface area contributed by atoms with E-state index < -0.39 is 36.6 Å². The first kappa shape index (κ1) is 29.7. The van der Waals surface area contributed by atoms with Crippen LogP contribution in [0.1, 0.15) is 41.0 Å². The van der Waals surface area contributed by atoms with Crippen molar-refractivity contribution in [2.45, 2.75) is 89.7 Å². The molecule has 1 fully saturated rings. The minimum atomic E-state index is -1.27. The van der Waals surface area contributed by atoms with Crippen molar-refractivity contribution in [3.05, 3.63) is 0 Å². The molecule has 0 amide bonds. The summed E-state index contributed by atoms with van der Waals surface area (Å²) in [5.74, 6) is 1.50. The summed E-state index contributed by atoms with van der Waals surface area (Å²) >= 11 is 1.59. The van der Waals surface area contributed by atoms with Gasteiger partial charge >= 0.3 is 0 Å². The highest BCUT2D eigenvalue weighted by Gasteiger charge is 2.41. The summed E-state index contributed by atoms with van der Waals surface area (Å²) in [5, 5.41) is 42.8. The number of rotatable bonds is 16. The number of aliphatic hydroxyl groups is 4. The van der Waals surface area contributed by atoms with Crippen LogP contribution in [0.25, 0.3) is 0 Å². The first-order valence-electron chi connectivity index (χ1n) is 11.4. The van der Waals surface area contributed by atoms with Gasteiger partial charge in [0.1, 0.15) is 24.4 Å². The fraction of sp³-hybridized carbons (Fsp3) is 0.955. The Morgan fingerprint density at radius 3 is 2.34 bits per heavy atom. The van der Waals surface area contributed by atoms with Gasteiger partial charge in [0.05, 0.1) is 44.7 Å². The summed E-state index contributed by atoms with van der Waals surface area (Å²) in [6.07, 6.45) is -4.81. The molecular weight excluding hydrogens is 438 g/mol. The Balaban J connectivity index is 2.12. The van der Waals surface area contributed by atoms with E-state index in [-0.39, 0.29) is 50.2 Å². The van der Waals surface area contributed by atoms with Crippen molar-refractivity contribution in [2.75, 3.05) is 37.9 Å². The second-order valence-corrected chi connectivity index (χ2v) is 10.1. The minimum absolute atomic E-state index is 0.00883. The highest BCUT2D eigenvalue weighted by Crippen LogP contribution is 2.21. The van der Waals surface area contributed by atoms with Crippen LogP contribution in [0.5, 0.6) is 0 Å². The van der Waals surface area contributed by atoms with Gasteiger partial charge in [-0.1, -0.05) is 27.7 Å². The molecule has 7 atom stereocenters. The van der Waals surface area contributed by atoms with Gasteiger partial charge in [-0.3, -0.25) is 4.79 Å². The largest absolute Gasteiger partial charge is 0.390 e. The van der Waals surface area contributed by atoms with Gasteiger partial charge < -0.3 is 40.0 Å². The van der Waals surface area contributed by atoms with Crippen LogP contribution in [0.4, 0.5) is 0 Å². The standard InChI is InChI=1S/C22H43NO8S/c1-13(2)19(25)17(23-14(3)4)6-9-32-12-16(24)10-29-7-8-30-11-18-21(27)22(28)20(26)15(5)31-18/h13-18,20-24,26-28H,6-12H2,1-5H3/t15?,16?,17-,18+,20-,21-,22+/m0/s1. The van der Waals surface area contributed by atoms with Gasteiger partial charge in [0.15, 0.2) is 5.78 Å². The van der Waals surface area contributed by atoms with E-state index in [2.05, 4.69) is 5.32 Å². The van der Waals surface area contributed by atoms with E-state index in [9.17, 15) is 25.2 Å². The summed E-state index contributed by atoms with van der Waals surface area (Å²) in [7, 11) is 0. The van der Waals surface area contributed by atoms with Crippen LogP contribution in [0.15, 0.2) is 0 Å². The molecule has 0 aromatic carbocycles. The molecule has 0 aromatic heterocycles. The van der Waals surface area contributed by atoms with E-state index in [1.807, 2.05) is 27.7 Å². The number of ketones is 1. The maximum Gasteiger partial charge on any atom is 0.152 e. The van der Waals surface area contributed by atoms with Crippen molar-refractivity contribution in [3.8, 4) is 0 Å². The third-order valence-corrected chi connectivity index (χ3v) is 6.37. The second kappa shape index (κ2) is 15.6. The number of Topliss-reactive ketones (excluding diaryl/α,β-unsaturated/α-hetero) is 1. The number of hydrogen-bond acceptors (Lipinski definition) is 10. The lowest BCUT2D eigenvalue weighted by Gasteiger charge is -2.39. The molecule has 0 bridgehead atoms. The van der Waals surface area contributed by atoms with E-state index in [1.54, 1.807) is 18.7 Å². The third kappa shape index (κ3) is 10.8. The first-order valence-corrected chi connectivity index (χ1v) is 12.6. The Labute approximate surface area is 196 Å². The predicted octanol–water partition coefficient (Wildman–Crippen LogP) is -0.0345. The highest BCUT2D eigenvalue weighted by atomic mass is 32.2. The van der Waals surface area contributed by atoms with E-state index in [0.29, 0.717) is 5.75 Å². The van der Waals surface area contributed by atoms with Gasteiger partial charge in [-0.25, -0.2) is 0 Å². The molecular formula is C22H43NO8S. The molecule has 1 saturated heterocycles. The quantitative estimate of drug-likeness (QED) is 0.191. The molecule has 32 heavy (non-hydrogen) atoms. The smallest absolute Gasteiger partial charge is 0.152 e. The Morgan fingerprint density at radius 2 is 1.72 bits per heavy atom. The van der Waals surface area contributed by atoms with Crippen molar-refractivity contribution >= 4 is 17.5 Å². The predicted molar refractivity (Wildman–Crippen MR) is 124 cm³/mol. The van der Waals surface area contributed by atoms with Crippen molar-refractivity contribution in [1.29, 1.82) is 0 Å². The SMILES string of the molecule is CC(C)N[C@@H](CCSCC(O)COCCOC[C@H]1OC(C)[C@H](O)[C@@H](O)[C@H]1O)C(=O)C(C)C. The number of carbonyl (C=O) groups is 1. The number of carbonyl (C=O) groups excluding carboxylic acids is 1. The molecule has 9 nitrogen and oxygen atoms in total. The number of hydrogen-bond donors (Lipinski definition) is 5. The fourth-order valence-corrected chi connectivity index (χ4v) is 4.33. The Morgan fingerprint density at radius 1 is 1.06 bits per heavy atom. The molecule has 190 valence electrons. The van der Waals surface area contributed by atoms with E-state index in [1.165, 1.54) is 0 Å². The van der Waals surface area contributed by atoms with Gasteiger partial charge in [-0.15, -0.1) is 0 Å². The minimum Gasteiger partial charge on any atom is -0.390 e. The molecule has 10 heteroatoms. The number of nitrogens with one attached hydrogen (secondary N) is 1. The summed E-state index contributed by atoms with van der Waals surface area (Å²) in [4.78, 5) is 12.3. The lowest BCUT2D eigenvalue weighted by atomic mass is 9.96. The monoisotopic (exact) mass is 481 g/mol. The van der Waals surface area contributed by atoms with Crippen molar-refractivity contribution in [1.82, 2.24) is 5.32 Å². The summed E-state index contributed by atoms with van der Waals surface area (Å²) < 4.78 is 16.3. The van der Waals surface area contributed by atoms with Crippen LogP contribution >= 0.6 is 11.8 Å². The zero-order chi connectivity index (χ0) is 24.3. The lowest BCUT2D eigenvalue weighted by Crippen LogP contribution is -2.57. The van der Waals surface area contributed by atoms with Crippen LogP contribution in [0, 0.1) is 5.92 Å². The third-order valence-electron chi connectivity index (χ3n) is 5.22. The van der Waals surface area contributed by atoms with Crippen molar-refractivity contribution < 1.29 is 39.4 Å². The molecule has 2 unspecified atom stereocenters. The first-order chi connectivity index (χ1) is 15.0. The molecule has 1 aliphatic heterocycles. The average molecular weight is 482 g/mol. The van der Waals surface area contributed by atoms with Gasteiger partial charge in [0.2, 0.25) is 0 Å². The Kier molecular flexibility index (Phi) is 14.5. The van der Waals surface area contributed by atoms with Crippen LogP contribution in [0.3, 0.4) is 0 Å². The maximum absolute atomic E-state index is 12.3. The van der Waals surface area contributed by atoms with Gasteiger partial charge in [0, 0.05) is 17.7 Å². The van der Waals surface area contributed by atoms with Crippen molar-refractivity contribution in [2.24, 2.45) is 5.92 Å². The molecule has 0 aliphatic carbocycles. The Bertz CT molecular complexity index is 524. The summed E-state index contributed by atoms with van der Waals surface area (Å²) in [6, 6.07) is 0.0778. The topological polar surface area (TPSA) is 138 Å². The zero-order valence-electron chi connectivity index (χ0n) is 20.0. The second-order valence-electron chi connectivity index (χ2n) is 8.95. The molecule has 0 radical (unpaired) electrons. The van der Waals surface area contributed by atoms with Crippen molar-refractivity contribution in [3.63, 3.8) is 0 Å². The molecule has 5 N–H and O–H groups in total. The van der Waals surface area contributed by atoms with Gasteiger partial charge in [0.25, 0.3) is 0 Å². The van der Waals surface area contributed by atoms with Crippen LogP contribution in [-0.2, 0) is 19.0 Å². The maximum atomic E-state index is 12.3. The van der Waals surface area contributed by atoms with Gasteiger partial charge in [-0.05, 0) is 19.1 Å². The summed E-state index contributed by atoms with van der Waals surface area (Å²) in [5.41, 5.74) is 0. The van der Waals surface area contributed by atoms with E-state index in [4.69, 9.17) is 14.2 Å². The summed E-state index contributed by atoms with van der Waals surface area (Å²) in [6.45, 7) is 10.3. The molecule has 0 spiro atoms. The fourth-order valence-electron chi connectivity index (χ4n) is 3.39. The van der Waals surface area contributed by atoms with Crippen LogP contribution in [0.2, 0.25) is 0 Å². The molecule has 1 rings (SSSR count). The molecule has 1 aliphatic rings. The molecule has 1 heterocycles. The normalized spacial score (nSPS) is 28.3. The van der Waals surface area contributed by atoms with Gasteiger partial charge in [-0.2, -0.15) is 11.8 Å². The molecule has 0 saturated carbocycles. The molecule has 0 aromatic rings. The zero-order valence-corrected chi connectivity index (χ0v) is 20.8. The highest BCUT2D eigenvalue weighted by molar-refractivity contribution is 7.99. The average Bonchev–Trinajstić information content (AvgIpc) is 2.73. The number of ether oxygens (including phenoxy) is 3. The Hall–Kier alpha value is -0.300. The van der Waals surface area contributed by atoms with Crippen LogP contribution in [-0.4, -0.2) is 113 Å². The number of thioether (sulfide) groups is 1. The van der Waals surface area contributed by atoms with E-state index in [0.717, 1.165) is 12.2 Å². The van der Waals surface area contributed by atoms with Crippen LogP contribution < -0.4 is 5.32 Å². The van der Waals surface area contributed by atoms with E-state index >= 15 is 0 Å².